The molecule has 2 heterocycles. The van der Waals surface area contributed by atoms with Gasteiger partial charge in [0.05, 0.1) is 6.54 Å². The molecule has 0 bridgehead atoms. The SMILES string of the molecule is CN(CCNC(=O)C1CCN(Cc2nc(-c3ccccc3)no2)CC1)c1ccccc1. The van der Waals surface area contributed by atoms with Crippen LogP contribution >= 0.6 is 0 Å². The van der Waals surface area contributed by atoms with Crippen molar-refractivity contribution in [2.45, 2.75) is 19.4 Å². The Morgan fingerprint density at radius 1 is 1.10 bits per heavy atom. The molecule has 0 saturated carbocycles. The quantitative estimate of drug-likeness (QED) is 0.604. The molecule has 1 aliphatic rings. The highest BCUT2D eigenvalue weighted by Crippen LogP contribution is 2.20. The summed E-state index contributed by atoms with van der Waals surface area (Å²) in [5.41, 5.74) is 2.10. The molecule has 0 atom stereocenters. The molecule has 0 spiro atoms. The third-order valence-electron chi connectivity index (χ3n) is 5.76. The van der Waals surface area contributed by atoms with E-state index in [0.29, 0.717) is 24.8 Å². The molecule has 7 heteroatoms. The zero-order valence-electron chi connectivity index (χ0n) is 17.9. The number of nitrogens with zero attached hydrogens (tertiary/aromatic N) is 4. The third-order valence-corrected chi connectivity index (χ3v) is 5.76. The van der Waals surface area contributed by atoms with Crippen LogP contribution in [0.5, 0.6) is 0 Å². The molecule has 1 fully saturated rings. The van der Waals surface area contributed by atoms with Crippen LogP contribution in [0.25, 0.3) is 11.4 Å². The molecule has 1 amide bonds. The van der Waals surface area contributed by atoms with Gasteiger partial charge in [0.15, 0.2) is 0 Å². The molecular weight excluding hydrogens is 390 g/mol. The van der Waals surface area contributed by atoms with E-state index in [1.807, 2.05) is 55.6 Å². The maximum Gasteiger partial charge on any atom is 0.241 e. The fourth-order valence-corrected chi connectivity index (χ4v) is 3.87. The van der Waals surface area contributed by atoms with E-state index in [1.54, 1.807) is 0 Å². The predicted octanol–water partition coefficient (Wildman–Crippen LogP) is 3.20. The molecule has 0 radical (unpaired) electrons. The fourth-order valence-electron chi connectivity index (χ4n) is 3.87. The van der Waals surface area contributed by atoms with Crippen LogP contribution in [-0.4, -0.2) is 54.2 Å². The molecule has 7 nitrogen and oxygen atoms in total. The number of nitrogens with one attached hydrogen (secondary N) is 1. The lowest BCUT2D eigenvalue weighted by Crippen LogP contribution is -2.42. The van der Waals surface area contributed by atoms with Crippen molar-refractivity contribution in [3.8, 4) is 11.4 Å². The van der Waals surface area contributed by atoms with Gasteiger partial charge in [-0.15, -0.1) is 0 Å². The van der Waals surface area contributed by atoms with E-state index in [4.69, 9.17) is 4.52 Å². The summed E-state index contributed by atoms with van der Waals surface area (Å²) in [7, 11) is 2.04. The van der Waals surface area contributed by atoms with Crippen LogP contribution in [0.15, 0.2) is 65.2 Å². The molecule has 4 rings (SSSR count). The van der Waals surface area contributed by atoms with Crippen molar-refractivity contribution in [3.05, 3.63) is 66.6 Å². The van der Waals surface area contributed by atoms with Gasteiger partial charge >= 0.3 is 0 Å². The van der Waals surface area contributed by atoms with Gasteiger partial charge in [0.25, 0.3) is 0 Å². The summed E-state index contributed by atoms with van der Waals surface area (Å²) in [5.74, 6) is 1.46. The summed E-state index contributed by atoms with van der Waals surface area (Å²) in [6.07, 6.45) is 1.69. The van der Waals surface area contributed by atoms with E-state index >= 15 is 0 Å². The van der Waals surface area contributed by atoms with E-state index in [2.05, 4.69) is 37.4 Å². The number of hydrogen-bond acceptors (Lipinski definition) is 6. The number of likely N-dealkylation sites (N-methyl/N-ethyl adjacent to an activating group) is 1. The molecule has 1 saturated heterocycles. The van der Waals surface area contributed by atoms with Gasteiger partial charge in [-0.3, -0.25) is 9.69 Å². The van der Waals surface area contributed by atoms with Crippen LogP contribution in [0.4, 0.5) is 5.69 Å². The Bertz CT molecular complexity index is 952. The molecule has 1 N–H and O–H groups in total. The first kappa shape index (κ1) is 21.1. The van der Waals surface area contributed by atoms with Crippen molar-refractivity contribution in [3.63, 3.8) is 0 Å². The van der Waals surface area contributed by atoms with E-state index in [9.17, 15) is 4.79 Å². The third kappa shape index (κ3) is 5.70. The van der Waals surface area contributed by atoms with E-state index in [-0.39, 0.29) is 11.8 Å². The Morgan fingerprint density at radius 3 is 2.48 bits per heavy atom. The standard InChI is InChI=1S/C24H29N5O2/c1-28(21-10-6-3-7-11-21)17-14-25-24(30)20-12-15-29(16-13-20)18-22-26-23(27-31-22)19-8-4-2-5-9-19/h2-11,20H,12-18H2,1H3,(H,25,30). The highest BCUT2D eigenvalue weighted by Gasteiger charge is 2.25. The summed E-state index contributed by atoms with van der Waals surface area (Å²) >= 11 is 0. The number of aromatic nitrogens is 2. The molecule has 1 aromatic heterocycles. The number of para-hydroxylation sites is 1. The van der Waals surface area contributed by atoms with Gasteiger partial charge in [-0.05, 0) is 38.1 Å². The normalized spacial score (nSPS) is 15.0. The van der Waals surface area contributed by atoms with Crippen molar-refractivity contribution in [1.82, 2.24) is 20.4 Å². The van der Waals surface area contributed by atoms with Gasteiger partial charge in [0, 0.05) is 37.3 Å². The second-order valence-corrected chi connectivity index (χ2v) is 7.98. The molecule has 31 heavy (non-hydrogen) atoms. The highest BCUT2D eigenvalue weighted by atomic mass is 16.5. The van der Waals surface area contributed by atoms with Gasteiger partial charge in [0.1, 0.15) is 0 Å². The van der Waals surface area contributed by atoms with Crippen LogP contribution in [0.1, 0.15) is 18.7 Å². The highest BCUT2D eigenvalue weighted by molar-refractivity contribution is 5.78. The van der Waals surface area contributed by atoms with Gasteiger partial charge in [-0.2, -0.15) is 4.98 Å². The van der Waals surface area contributed by atoms with E-state index < -0.39 is 0 Å². The lowest BCUT2D eigenvalue weighted by atomic mass is 9.96. The van der Waals surface area contributed by atoms with Gasteiger partial charge < -0.3 is 14.7 Å². The first-order valence-corrected chi connectivity index (χ1v) is 10.8. The van der Waals surface area contributed by atoms with Crippen molar-refractivity contribution < 1.29 is 9.32 Å². The van der Waals surface area contributed by atoms with Gasteiger partial charge in [0.2, 0.25) is 17.6 Å². The van der Waals surface area contributed by atoms with Crippen molar-refractivity contribution in [1.29, 1.82) is 0 Å². The topological polar surface area (TPSA) is 74.5 Å². The first-order chi connectivity index (χ1) is 15.2. The smallest absolute Gasteiger partial charge is 0.241 e. The summed E-state index contributed by atoms with van der Waals surface area (Å²) < 4.78 is 5.42. The van der Waals surface area contributed by atoms with E-state index in [1.165, 1.54) is 0 Å². The molecule has 3 aromatic rings. The average molecular weight is 420 g/mol. The molecule has 1 aliphatic heterocycles. The molecular formula is C24H29N5O2. The van der Waals surface area contributed by atoms with Crippen molar-refractivity contribution in [2.24, 2.45) is 5.92 Å². The van der Waals surface area contributed by atoms with Crippen LogP contribution in [-0.2, 0) is 11.3 Å². The number of piperidine rings is 1. The summed E-state index contributed by atoms with van der Waals surface area (Å²) in [4.78, 5) is 21.5. The average Bonchev–Trinajstić information content (AvgIpc) is 3.29. The van der Waals surface area contributed by atoms with Gasteiger partial charge in [-0.1, -0.05) is 53.7 Å². The number of carbonyl (C=O) groups is 1. The maximum absolute atomic E-state index is 12.6. The number of benzene rings is 2. The van der Waals surface area contributed by atoms with Crippen molar-refractivity contribution >= 4 is 11.6 Å². The Labute approximate surface area is 183 Å². The molecule has 2 aromatic carbocycles. The van der Waals surface area contributed by atoms with Crippen LogP contribution in [0.2, 0.25) is 0 Å². The van der Waals surface area contributed by atoms with E-state index in [0.717, 1.165) is 43.7 Å². The largest absolute Gasteiger partial charge is 0.373 e. The minimum atomic E-state index is 0.0702. The Balaban J connectivity index is 1.18. The fraction of sp³-hybridized carbons (Fsp3) is 0.375. The monoisotopic (exact) mass is 419 g/mol. The minimum absolute atomic E-state index is 0.0702. The zero-order chi connectivity index (χ0) is 21.5. The maximum atomic E-state index is 12.6. The van der Waals surface area contributed by atoms with Crippen LogP contribution in [0.3, 0.4) is 0 Å². The number of hydrogen-bond donors (Lipinski definition) is 1. The lowest BCUT2D eigenvalue weighted by Gasteiger charge is -2.30. The molecule has 162 valence electrons. The molecule has 0 unspecified atom stereocenters. The zero-order valence-corrected chi connectivity index (χ0v) is 17.9. The number of rotatable bonds is 8. The lowest BCUT2D eigenvalue weighted by molar-refractivity contribution is -0.126. The Hall–Kier alpha value is -3.19. The molecule has 0 aliphatic carbocycles. The van der Waals surface area contributed by atoms with Crippen LogP contribution in [0, 0.1) is 5.92 Å². The summed E-state index contributed by atoms with van der Waals surface area (Å²) in [6.45, 7) is 3.76. The number of likely N-dealkylation sites (tertiary alicyclic amines) is 1. The number of anilines is 1. The Kier molecular flexibility index (Phi) is 6.94. The van der Waals surface area contributed by atoms with Crippen LogP contribution < -0.4 is 10.2 Å². The minimum Gasteiger partial charge on any atom is -0.373 e. The van der Waals surface area contributed by atoms with Gasteiger partial charge in [-0.25, -0.2) is 0 Å². The Morgan fingerprint density at radius 2 is 1.77 bits per heavy atom. The number of carbonyl (C=O) groups excluding carboxylic acids is 1. The second kappa shape index (κ2) is 10.2. The van der Waals surface area contributed by atoms with Crippen molar-refractivity contribution in [2.75, 3.05) is 38.1 Å². The number of amides is 1. The summed E-state index contributed by atoms with van der Waals surface area (Å²) in [6, 6.07) is 20.0. The summed E-state index contributed by atoms with van der Waals surface area (Å²) in [5, 5.41) is 7.18. The second-order valence-electron chi connectivity index (χ2n) is 7.98. The first-order valence-electron chi connectivity index (χ1n) is 10.8. The predicted molar refractivity (Wildman–Crippen MR) is 120 cm³/mol.